The summed E-state index contributed by atoms with van der Waals surface area (Å²) in [6, 6.07) is 12.1. The fourth-order valence-corrected chi connectivity index (χ4v) is 3.35. The van der Waals surface area contributed by atoms with E-state index in [2.05, 4.69) is 25.0 Å². The molecule has 0 saturated carbocycles. The molecule has 0 atom stereocenters. The van der Waals surface area contributed by atoms with Crippen LogP contribution in [-0.4, -0.2) is 23.4 Å². The number of nitrogens with zero attached hydrogens (tertiary/aromatic N) is 3. The quantitative estimate of drug-likeness (QED) is 0.693. The number of nitrogens with one attached hydrogen (secondary N) is 2. The van der Waals surface area contributed by atoms with Gasteiger partial charge in [-0.2, -0.15) is 0 Å². The van der Waals surface area contributed by atoms with Crippen molar-refractivity contribution < 1.29 is 8.42 Å². The fraction of sp³-hybridized carbons (Fsp3) is 0.167. The van der Waals surface area contributed by atoms with Crippen molar-refractivity contribution in [3.8, 4) is 0 Å². The van der Waals surface area contributed by atoms with Gasteiger partial charge in [-0.05, 0) is 61.9 Å². The molecule has 0 aliphatic heterocycles. The van der Waals surface area contributed by atoms with E-state index in [4.69, 9.17) is 0 Å². The van der Waals surface area contributed by atoms with Crippen molar-refractivity contribution >= 4 is 21.7 Å². The van der Waals surface area contributed by atoms with E-state index in [0.29, 0.717) is 17.9 Å². The van der Waals surface area contributed by atoms with Crippen molar-refractivity contribution in [2.24, 2.45) is 0 Å². The van der Waals surface area contributed by atoms with Crippen LogP contribution in [0.2, 0.25) is 0 Å². The summed E-state index contributed by atoms with van der Waals surface area (Å²) in [7, 11) is -3.74. The average Bonchev–Trinajstić information content (AvgIpc) is 2.60. The predicted molar refractivity (Wildman–Crippen MR) is 100 cm³/mol. The number of pyridine rings is 1. The molecule has 0 fully saturated rings. The second-order valence-electron chi connectivity index (χ2n) is 5.81. The van der Waals surface area contributed by atoms with Gasteiger partial charge in [0.2, 0.25) is 5.95 Å². The van der Waals surface area contributed by atoms with Gasteiger partial charge in [-0.1, -0.05) is 0 Å². The number of hydrogen-bond donors (Lipinski definition) is 2. The van der Waals surface area contributed by atoms with Crippen LogP contribution in [0.4, 0.5) is 11.6 Å². The first-order valence-corrected chi connectivity index (χ1v) is 9.49. The Kier molecular flexibility index (Phi) is 5.13. The summed E-state index contributed by atoms with van der Waals surface area (Å²) >= 11 is 0. The van der Waals surface area contributed by atoms with Crippen LogP contribution in [0.1, 0.15) is 17.0 Å². The highest BCUT2D eigenvalue weighted by Crippen LogP contribution is 2.17. The Labute approximate surface area is 152 Å². The molecule has 0 aliphatic carbocycles. The molecule has 0 bridgehead atoms. The Morgan fingerprint density at radius 3 is 2.15 bits per heavy atom. The number of benzene rings is 1. The van der Waals surface area contributed by atoms with Crippen LogP contribution in [0, 0.1) is 13.8 Å². The number of aromatic nitrogens is 3. The molecule has 3 rings (SSSR count). The zero-order valence-electron chi connectivity index (χ0n) is 14.5. The van der Waals surface area contributed by atoms with Gasteiger partial charge < -0.3 is 5.32 Å². The van der Waals surface area contributed by atoms with Gasteiger partial charge in [0.15, 0.2) is 0 Å². The fourth-order valence-electron chi connectivity index (χ4n) is 2.41. The Morgan fingerprint density at radius 2 is 1.54 bits per heavy atom. The maximum atomic E-state index is 12.5. The summed E-state index contributed by atoms with van der Waals surface area (Å²) in [5.74, 6) is 0.0717. The molecule has 2 aromatic heterocycles. The Bertz CT molecular complexity index is 970. The first-order chi connectivity index (χ1) is 12.4. The van der Waals surface area contributed by atoms with Crippen molar-refractivity contribution in [2.75, 3.05) is 10.0 Å². The highest BCUT2D eigenvalue weighted by molar-refractivity contribution is 7.92. The van der Waals surface area contributed by atoms with E-state index in [1.807, 2.05) is 12.1 Å². The smallest absolute Gasteiger partial charge is 0.264 e. The lowest BCUT2D eigenvalue weighted by molar-refractivity contribution is 0.601. The van der Waals surface area contributed by atoms with E-state index >= 15 is 0 Å². The van der Waals surface area contributed by atoms with Gasteiger partial charge in [0, 0.05) is 36.0 Å². The van der Waals surface area contributed by atoms with Gasteiger partial charge in [-0.3, -0.25) is 4.98 Å². The first-order valence-electron chi connectivity index (χ1n) is 8.00. The number of anilines is 2. The second kappa shape index (κ2) is 7.49. The van der Waals surface area contributed by atoms with Crippen molar-refractivity contribution in [2.45, 2.75) is 25.3 Å². The first kappa shape index (κ1) is 17.8. The van der Waals surface area contributed by atoms with Gasteiger partial charge in [-0.15, -0.1) is 0 Å². The van der Waals surface area contributed by atoms with Crippen LogP contribution in [-0.2, 0) is 16.6 Å². The summed E-state index contributed by atoms with van der Waals surface area (Å²) in [5.41, 5.74) is 3.31. The number of sulfonamides is 1. The summed E-state index contributed by atoms with van der Waals surface area (Å²) < 4.78 is 27.4. The molecule has 0 radical (unpaired) electrons. The minimum absolute atomic E-state index is 0.0717. The van der Waals surface area contributed by atoms with E-state index in [0.717, 1.165) is 11.3 Å². The molecule has 8 heteroatoms. The summed E-state index contributed by atoms with van der Waals surface area (Å²) in [5, 5.41) is 3.24. The molecule has 3 aromatic rings. The molecule has 26 heavy (non-hydrogen) atoms. The lowest BCUT2D eigenvalue weighted by atomic mass is 10.2. The molecule has 0 saturated heterocycles. The topological polar surface area (TPSA) is 96.9 Å². The number of aryl methyl sites for hydroxylation is 2. The van der Waals surface area contributed by atoms with Crippen LogP contribution in [0.25, 0.3) is 0 Å². The van der Waals surface area contributed by atoms with Crippen LogP contribution in [0.3, 0.4) is 0 Å². The lowest BCUT2D eigenvalue weighted by Gasteiger charge is -2.10. The van der Waals surface area contributed by atoms with Crippen LogP contribution in [0.15, 0.2) is 59.8 Å². The van der Waals surface area contributed by atoms with Crippen molar-refractivity contribution in [3.05, 3.63) is 71.8 Å². The average molecular weight is 369 g/mol. The molecule has 134 valence electrons. The zero-order valence-corrected chi connectivity index (χ0v) is 15.3. The highest BCUT2D eigenvalue weighted by atomic mass is 32.2. The third-order valence-corrected chi connectivity index (χ3v) is 4.96. The molecule has 2 heterocycles. The SMILES string of the molecule is Cc1cc(C)nc(NS(=O)(=O)c2ccc(NCc3ccncc3)cc2)n1. The van der Waals surface area contributed by atoms with E-state index in [1.165, 1.54) is 0 Å². The van der Waals surface area contributed by atoms with Gasteiger partial charge in [0.25, 0.3) is 10.0 Å². The molecule has 0 spiro atoms. The van der Waals surface area contributed by atoms with E-state index in [-0.39, 0.29) is 10.8 Å². The van der Waals surface area contributed by atoms with Gasteiger partial charge in [0.05, 0.1) is 4.90 Å². The third kappa shape index (κ3) is 4.54. The largest absolute Gasteiger partial charge is 0.381 e. The molecule has 1 aromatic carbocycles. The standard InChI is InChI=1S/C18H19N5O2S/c1-13-11-14(2)22-18(21-13)23-26(24,25)17-5-3-16(4-6-17)20-12-15-7-9-19-10-8-15/h3-11,20H,12H2,1-2H3,(H,21,22,23). The monoisotopic (exact) mass is 369 g/mol. The Morgan fingerprint density at radius 1 is 0.923 bits per heavy atom. The number of rotatable bonds is 6. The molecule has 0 unspecified atom stereocenters. The Hall–Kier alpha value is -3.00. The predicted octanol–water partition coefficient (Wildman–Crippen LogP) is 2.90. The normalized spacial score (nSPS) is 11.2. The molecular weight excluding hydrogens is 350 g/mol. The number of hydrogen-bond acceptors (Lipinski definition) is 6. The minimum atomic E-state index is -3.74. The summed E-state index contributed by atoms with van der Waals surface area (Å²) in [4.78, 5) is 12.3. The van der Waals surface area contributed by atoms with Gasteiger partial charge >= 0.3 is 0 Å². The zero-order chi connectivity index (χ0) is 18.6. The maximum absolute atomic E-state index is 12.5. The molecule has 7 nitrogen and oxygen atoms in total. The molecular formula is C18H19N5O2S. The van der Waals surface area contributed by atoms with Crippen LogP contribution in [0.5, 0.6) is 0 Å². The van der Waals surface area contributed by atoms with Crippen LogP contribution >= 0.6 is 0 Å². The summed E-state index contributed by atoms with van der Waals surface area (Å²) in [6.45, 7) is 4.20. The van der Waals surface area contributed by atoms with Gasteiger partial charge in [-0.25, -0.2) is 23.1 Å². The molecule has 2 N–H and O–H groups in total. The molecule has 0 aliphatic rings. The van der Waals surface area contributed by atoms with Gasteiger partial charge in [0.1, 0.15) is 0 Å². The van der Waals surface area contributed by atoms with Crippen molar-refractivity contribution in [1.29, 1.82) is 0 Å². The van der Waals surface area contributed by atoms with Crippen LogP contribution < -0.4 is 10.0 Å². The van der Waals surface area contributed by atoms with E-state index in [9.17, 15) is 8.42 Å². The minimum Gasteiger partial charge on any atom is -0.381 e. The third-order valence-electron chi connectivity index (χ3n) is 3.62. The van der Waals surface area contributed by atoms with E-state index < -0.39 is 10.0 Å². The van der Waals surface area contributed by atoms with E-state index in [1.54, 1.807) is 56.6 Å². The molecule has 0 amide bonds. The second-order valence-corrected chi connectivity index (χ2v) is 7.50. The maximum Gasteiger partial charge on any atom is 0.264 e. The highest BCUT2D eigenvalue weighted by Gasteiger charge is 2.16. The lowest BCUT2D eigenvalue weighted by Crippen LogP contribution is -2.15. The Balaban J connectivity index is 1.70. The van der Waals surface area contributed by atoms with Crippen molar-refractivity contribution in [3.63, 3.8) is 0 Å². The summed E-state index contributed by atoms with van der Waals surface area (Å²) in [6.07, 6.45) is 3.46. The van der Waals surface area contributed by atoms with Crippen molar-refractivity contribution in [1.82, 2.24) is 15.0 Å².